The van der Waals surface area contributed by atoms with Gasteiger partial charge in [0.15, 0.2) is 0 Å². The summed E-state index contributed by atoms with van der Waals surface area (Å²) in [6.45, 7) is 6.20. The molecule has 4 rings (SSSR count). The minimum Gasteiger partial charge on any atom is -0.478 e. The molecule has 1 saturated heterocycles. The Morgan fingerprint density at radius 2 is 1.87 bits per heavy atom. The Morgan fingerprint density at radius 3 is 2.50 bits per heavy atom. The van der Waals surface area contributed by atoms with Crippen LogP contribution in [0.3, 0.4) is 0 Å². The molecule has 4 heteroatoms. The number of benzene rings is 2. The molecule has 0 amide bonds. The summed E-state index contributed by atoms with van der Waals surface area (Å²) in [5, 5.41) is 8.88. The van der Waals surface area contributed by atoms with E-state index in [1.807, 2.05) is 12.1 Å². The summed E-state index contributed by atoms with van der Waals surface area (Å²) in [7, 11) is 0. The smallest absolute Gasteiger partial charge is 0.328 e. The average Bonchev–Trinajstić information content (AvgIpc) is 3.29. The van der Waals surface area contributed by atoms with Crippen LogP contribution < -0.4 is 0 Å². The van der Waals surface area contributed by atoms with Crippen molar-refractivity contribution in [2.45, 2.75) is 44.8 Å². The van der Waals surface area contributed by atoms with Crippen LogP contribution >= 0.6 is 0 Å². The Labute approximate surface area is 178 Å². The molecule has 1 N–H and O–H groups in total. The highest BCUT2D eigenvalue weighted by Gasteiger charge is 2.38. The van der Waals surface area contributed by atoms with E-state index in [0.29, 0.717) is 12.1 Å². The fraction of sp³-hybridized carbons (Fsp3) is 0.346. The molecule has 4 nitrogen and oxygen atoms in total. The number of hydrogen-bond donors (Lipinski definition) is 1. The quantitative estimate of drug-likeness (QED) is 0.699. The molecule has 3 unspecified atom stereocenters. The summed E-state index contributed by atoms with van der Waals surface area (Å²) in [5.41, 5.74) is 6.26. The molecule has 2 aliphatic heterocycles. The van der Waals surface area contributed by atoms with Gasteiger partial charge in [0.1, 0.15) is 0 Å². The van der Waals surface area contributed by atoms with Gasteiger partial charge in [-0.2, -0.15) is 0 Å². The SMILES string of the molecule is CC1=C(c2ccccc2)CC(C)N(C2CCOC2)C1c1ccc(/C=C/C(=O)O)cc1. The van der Waals surface area contributed by atoms with Crippen LogP contribution in [0.2, 0.25) is 0 Å². The van der Waals surface area contributed by atoms with E-state index in [4.69, 9.17) is 9.84 Å². The van der Waals surface area contributed by atoms with Gasteiger partial charge in [0.25, 0.3) is 0 Å². The molecule has 2 aliphatic rings. The number of nitrogens with zero attached hydrogens (tertiary/aromatic N) is 1. The first-order valence-corrected chi connectivity index (χ1v) is 10.7. The average molecular weight is 404 g/mol. The Balaban J connectivity index is 1.75. The lowest BCUT2D eigenvalue weighted by molar-refractivity contribution is -0.131. The summed E-state index contributed by atoms with van der Waals surface area (Å²) >= 11 is 0. The van der Waals surface area contributed by atoms with Crippen LogP contribution in [0.4, 0.5) is 0 Å². The lowest BCUT2D eigenvalue weighted by Gasteiger charge is -2.46. The third kappa shape index (κ3) is 4.25. The van der Waals surface area contributed by atoms with Gasteiger partial charge in [-0.1, -0.05) is 54.6 Å². The number of rotatable bonds is 5. The van der Waals surface area contributed by atoms with Gasteiger partial charge in [-0.15, -0.1) is 0 Å². The highest BCUT2D eigenvalue weighted by molar-refractivity contribution is 5.85. The second-order valence-corrected chi connectivity index (χ2v) is 8.29. The van der Waals surface area contributed by atoms with Crippen LogP contribution in [-0.2, 0) is 9.53 Å². The summed E-state index contributed by atoms with van der Waals surface area (Å²) in [6.07, 6.45) is 4.91. The fourth-order valence-electron chi connectivity index (χ4n) is 4.90. The number of carbonyl (C=O) groups is 1. The summed E-state index contributed by atoms with van der Waals surface area (Å²) in [5.74, 6) is -0.932. The topological polar surface area (TPSA) is 49.8 Å². The van der Waals surface area contributed by atoms with Crippen molar-refractivity contribution in [2.75, 3.05) is 13.2 Å². The van der Waals surface area contributed by atoms with Gasteiger partial charge >= 0.3 is 5.97 Å². The van der Waals surface area contributed by atoms with Crippen molar-refractivity contribution >= 4 is 17.6 Å². The lowest BCUT2D eigenvalue weighted by Crippen LogP contribution is -2.47. The molecular weight excluding hydrogens is 374 g/mol. The molecule has 156 valence electrons. The van der Waals surface area contributed by atoms with Gasteiger partial charge in [0.05, 0.1) is 12.6 Å². The van der Waals surface area contributed by atoms with E-state index < -0.39 is 5.97 Å². The zero-order valence-electron chi connectivity index (χ0n) is 17.6. The molecule has 2 aromatic carbocycles. The third-order valence-corrected chi connectivity index (χ3v) is 6.31. The van der Waals surface area contributed by atoms with E-state index in [9.17, 15) is 4.79 Å². The normalized spacial score (nSPS) is 25.2. The van der Waals surface area contributed by atoms with Crippen LogP contribution in [0.5, 0.6) is 0 Å². The Kier molecular flexibility index (Phi) is 6.16. The number of aliphatic carboxylic acids is 1. The Bertz CT molecular complexity index is 940. The van der Waals surface area contributed by atoms with Crippen molar-refractivity contribution in [3.63, 3.8) is 0 Å². The zero-order chi connectivity index (χ0) is 21.1. The number of carboxylic acid groups (broad SMARTS) is 1. The molecule has 0 saturated carbocycles. The van der Waals surface area contributed by atoms with E-state index in [-0.39, 0.29) is 6.04 Å². The van der Waals surface area contributed by atoms with Gasteiger partial charge in [-0.05, 0) is 60.6 Å². The summed E-state index contributed by atoms with van der Waals surface area (Å²) in [6, 6.07) is 20.0. The van der Waals surface area contributed by atoms with Crippen LogP contribution in [-0.4, -0.2) is 41.3 Å². The van der Waals surface area contributed by atoms with Crippen LogP contribution in [0.25, 0.3) is 11.6 Å². The van der Waals surface area contributed by atoms with Crippen LogP contribution in [0.1, 0.15) is 49.4 Å². The minimum absolute atomic E-state index is 0.188. The molecular formula is C26H29NO3. The Hall–Kier alpha value is -2.69. The van der Waals surface area contributed by atoms with Gasteiger partial charge in [0, 0.05) is 24.8 Å². The first kappa shape index (κ1) is 20.6. The maximum absolute atomic E-state index is 10.8. The van der Waals surface area contributed by atoms with E-state index in [0.717, 1.165) is 31.6 Å². The molecule has 0 radical (unpaired) electrons. The van der Waals surface area contributed by atoms with Crippen molar-refractivity contribution in [3.8, 4) is 0 Å². The van der Waals surface area contributed by atoms with Crippen LogP contribution in [0, 0.1) is 0 Å². The Morgan fingerprint density at radius 1 is 1.13 bits per heavy atom. The number of hydrogen-bond acceptors (Lipinski definition) is 3. The molecule has 0 aliphatic carbocycles. The molecule has 0 spiro atoms. The maximum atomic E-state index is 10.8. The molecule has 2 aromatic rings. The molecule has 3 atom stereocenters. The highest BCUT2D eigenvalue weighted by atomic mass is 16.5. The van der Waals surface area contributed by atoms with Crippen LogP contribution in [0.15, 0.2) is 66.2 Å². The summed E-state index contributed by atoms with van der Waals surface area (Å²) in [4.78, 5) is 13.5. The second-order valence-electron chi connectivity index (χ2n) is 8.29. The second kappa shape index (κ2) is 8.99. The fourth-order valence-corrected chi connectivity index (χ4v) is 4.90. The number of ether oxygens (including phenoxy) is 1. The predicted octanol–water partition coefficient (Wildman–Crippen LogP) is 5.18. The third-order valence-electron chi connectivity index (χ3n) is 6.31. The predicted molar refractivity (Wildman–Crippen MR) is 120 cm³/mol. The standard InChI is InChI=1S/C26H29NO3/c1-18-16-24(21-6-4-3-5-7-21)19(2)26(27(18)23-14-15-30-17-23)22-11-8-20(9-12-22)10-13-25(28)29/h3-13,18,23,26H,14-17H2,1-2H3,(H,28,29)/b13-10+. The van der Waals surface area contributed by atoms with Crippen molar-refractivity contribution in [2.24, 2.45) is 0 Å². The van der Waals surface area contributed by atoms with E-state index >= 15 is 0 Å². The molecule has 30 heavy (non-hydrogen) atoms. The number of carboxylic acids is 1. The zero-order valence-corrected chi connectivity index (χ0v) is 17.6. The lowest BCUT2D eigenvalue weighted by atomic mass is 9.81. The van der Waals surface area contributed by atoms with Gasteiger partial charge in [-0.25, -0.2) is 4.79 Å². The maximum Gasteiger partial charge on any atom is 0.328 e. The van der Waals surface area contributed by atoms with E-state index in [1.54, 1.807) is 6.08 Å². The molecule has 0 bridgehead atoms. The summed E-state index contributed by atoms with van der Waals surface area (Å²) < 4.78 is 5.74. The molecule has 0 aromatic heterocycles. The van der Waals surface area contributed by atoms with Crippen molar-refractivity contribution < 1.29 is 14.6 Å². The van der Waals surface area contributed by atoms with Gasteiger partial charge < -0.3 is 9.84 Å². The van der Waals surface area contributed by atoms with Gasteiger partial charge in [-0.3, -0.25) is 4.90 Å². The van der Waals surface area contributed by atoms with E-state index in [1.165, 1.54) is 28.3 Å². The first-order chi connectivity index (χ1) is 14.5. The van der Waals surface area contributed by atoms with Crippen molar-refractivity contribution in [3.05, 3.63) is 82.9 Å². The monoisotopic (exact) mass is 403 g/mol. The van der Waals surface area contributed by atoms with Crippen molar-refractivity contribution in [1.29, 1.82) is 0 Å². The minimum atomic E-state index is -0.932. The molecule has 2 heterocycles. The molecule has 1 fully saturated rings. The first-order valence-electron chi connectivity index (χ1n) is 10.7. The largest absolute Gasteiger partial charge is 0.478 e. The highest BCUT2D eigenvalue weighted by Crippen LogP contribution is 2.44. The van der Waals surface area contributed by atoms with E-state index in [2.05, 4.69) is 61.2 Å². The van der Waals surface area contributed by atoms with Gasteiger partial charge in [0.2, 0.25) is 0 Å². The van der Waals surface area contributed by atoms with Crippen molar-refractivity contribution in [1.82, 2.24) is 4.90 Å².